The van der Waals surface area contributed by atoms with E-state index >= 15 is 0 Å². The number of nitrogens with zero attached hydrogens (tertiary/aromatic N) is 2. The third-order valence-corrected chi connectivity index (χ3v) is 2.98. The summed E-state index contributed by atoms with van der Waals surface area (Å²) in [6, 6.07) is 4.21. The molecule has 0 aliphatic heterocycles. The lowest BCUT2D eigenvalue weighted by molar-refractivity contribution is 0.820. The third-order valence-electron chi connectivity index (χ3n) is 2.67. The quantitative estimate of drug-likeness (QED) is 0.706. The summed E-state index contributed by atoms with van der Waals surface area (Å²) in [6.07, 6.45) is 2.15. The average molecular weight is 241 g/mol. The van der Waals surface area contributed by atoms with E-state index in [9.17, 15) is 0 Å². The Morgan fingerprint density at radius 1 is 1.19 bits per heavy atom. The van der Waals surface area contributed by atoms with E-state index in [4.69, 9.17) is 11.6 Å². The number of alkyl halides is 1. The molecule has 0 bridgehead atoms. The second kappa shape index (κ2) is 6.74. The maximum absolute atomic E-state index is 5.92. The SMILES string of the molecule is CCCc1cc(CCl)cc(N(CC)CC)n1. The van der Waals surface area contributed by atoms with Crippen molar-refractivity contribution in [3.05, 3.63) is 23.4 Å². The lowest BCUT2D eigenvalue weighted by Crippen LogP contribution is -2.23. The first-order valence-corrected chi connectivity index (χ1v) is 6.59. The number of halogens is 1. The van der Waals surface area contributed by atoms with Crippen molar-refractivity contribution in [3.8, 4) is 0 Å². The van der Waals surface area contributed by atoms with Crippen LogP contribution in [0, 0.1) is 0 Å². The van der Waals surface area contributed by atoms with Gasteiger partial charge in [0.05, 0.1) is 0 Å². The van der Waals surface area contributed by atoms with E-state index in [0.29, 0.717) is 5.88 Å². The molecule has 1 aromatic heterocycles. The van der Waals surface area contributed by atoms with Gasteiger partial charge >= 0.3 is 0 Å². The minimum Gasteiger partial charge on any atom is -0.357 e. The molecule has 0 spiro atoms. The predicted octanol–water partition coefficient (Wildman–Crippen LogP) is 3.62. The van der Waals surface area contributed by atoms with Crippen molar-refractivity contribution in [2.24, 2.45) is 0 Å². The lowest BCUT2D eigenvalue weighted by atomic mass is 10.1. The van der Waals surface area contributed by atoms with Gasteiger partial charge in [0.1, 0.15) is 5.82 Å². The summed E-state index contributed by atoms with van der Waals surface area (Å²) >= 11 is 5.92. The Bertz CT molecular complexity index is 322. The Hall–Kier alpha value is -0.760. The molecule has 16 heavy (non-hydrogen) atoms. The summed E-state index contributed by atoms with van der Waals surface area (Å²) in [6.45, 7) is 8.45. The molecule has 1 aromatic rings. The first kappa shape index (κ1) is 13.3. The Kier molecular flexibility index (Phi) is 5.61. The molecule has 2 nitrogen and oxygen atoms in total. The van der Waals surface area contributed by atoms with Crippen molar-refractivity contribution < 1.29 is 0 Å². The van der Waals surface area contributed by atoms with E-state index in [-0.39, 0.29) is 0 Å². The molecule has 0 unspecified atom stereocenters. The average Bonchev–Trinajstić information content (AvgIpc) is 2.31. The van der Waals surface area contributed by atoms with Gasteiger partial charge in [-0.25, -0.2) is 4.98 Å². The van der Waals surface area contributed by atoms with Gasteiger partial charge in [-0.1, -0.05) is 13.3 Å². The van der Waals surface area contributed by atoms with Gasteiger partial charge in [0, 0.05) is 24.7 Å². The number of rotatable bonds is 6. The zero-order valence-electron chi connectivity index (χ0n) is 10.5. The van der Waals surface area contributed by atoms with Crippen LogP contribution in [0.5, 0.6) is 0 Å². The van der Waals surface area contributed by atoms with Crippen molar-refractivity contribution >= 4 is 17.4 Å². The van der Waals surface area contributed by atoms with Crippen molar-refractivity contribution in [1.29, 1.82) is 0 Å². The van der Waals surface area contributed by atoms with E-state index < -0.39 is 0 Å². The Morgan fingerprint density at radius 3 is 2.38 bits per heavy atom. The van der Waals surface area contributed by atoms with E-state index in [0.717, 1.165) is 37.4 Å². The first-order chi connectivity index (χ1) is 7.74. The highest BCUT2D eigenvalue weighted by molar-refractivity contribution is 6.17. The van der Waals surface area contributed by atoms with Crippen LogP contribution in [0.3, 0.4) is 0 Å². The number of pyridine rings is 1. The third kappa shape index (κ3) is 3.38. The van der Waals surface area contributed by atoms with E-state index in [1.807, 2.05) is 0 Å². The minimum atomic E-state index is 0.563. The molecule has 0 atom stereocenters. The summed E-state index contributed by atoms with van der Waals surface area (Å²) in [5, 5.41) is 0. The van der Waals surface area contributed by atoms with Crippen LogP contribution in [-0.4, -0.2) is 18.1 Å². The van der Waals surface area contributed by atoms with Gasteiger partial charge in [-0.2, -0.15) is 0 Å². The van der Waals surface area contributed by atoms with Gasteiger partial charge in [0.2, 0.25) is 0 Å². The zero-order valence-corrected chi connectivity index (χ0v) is 11.2. The Labute approximate surface area is 104 Å². The predicted molar refractivity (Wildman–Crippen MR) is 71.4 cm³/mol. The summed E-state index contributed by atoms with van der Waals surface area (Å²) in [4.78, 5) is 6.94. The second-order valence-corrected chi connectivity index (χ2v) is 4.15. The molecule has 0 fully saturated rings. The summed E-state index contributed by atoms with van der Waals surface area (Å²) in [5.41, 5.74) is 2.32. The fourth-order valence-corrected chi connectivity index (χ4v) is 1.96. The highest BCUT2D eigenvalue weighted by Crippen LogP contribution is 2.17. The van der Waals surface area contributed by atoms with Crippen LogP contribution in [0.4, 0.5) is 5.82 Å². The molecule has 3 heteroatoms. The first-order valence-electron chi connectivity index (χ1n) is 6.05. The van der Waals surface area contributed by atoms with Gasteiger partial charge in [-0.15, -0.1) is 11.6 Å². The molecular weight excluding hydrogens is 220 g/mol. The normalized spacial score (nSPS) is 10.5. The highest BCUT2D eigenvalue weighted by atomic mass is 35.5. The number of aromatic nitrogens is 1. The van der Waals surface area contributed by atoms with Crippen molar-refractivity contribution in [3.63, 3.8) is 0 Å². The number of hydrogen-bond acceptors (Lipinski definition) is 2. The largest absolute Gasteiger partial charge is 0.357 e. The topological polar surface area (TPSA) is 16.1 Å². The molecule has 0 amide bonds. The molecule has 0 saturated heterocycles. The molecule has 0 N–H and O–H groups in total. The Morgan fingerprint density at radius 2 is 1.88 bits per heavy atom. The van der Waals surface area contributed by atoms with Crippen LogP contribution in [0.15, 0.2) is 12.1 Å². The summed E-state index contributed by atoms with van der Waals surface area (Å²) in [5.74, 6) is 1.62. The van der Waals surface area contributed by atoms with Crippen molar-refractivity contribution in [2.75, 3.05) is 18.0 Å². The van der Waals surface area contributed by atoms with E-state index in [1.54, 1.807) is 0 Å². The molecule has 0 saturated carbocycles. The smallest absolute Gasteiger partial charge is 0.129 e. The molecule has 1 heterocycles. The van der Waals surface area contributed by atoms with Gasteiger partial charge in [-0.05, 0) is 38.0 Å². The second-order valence-electron chi connectivity index (χ2n) is 3.88. The molecule has 0 radical (unpaired) electrons. The van der Waals surface area contributed by atoms with E-state index in [2.05, 4.69) is 42.8 Å². The van der Waals surface area contributed by atoms with Crippen LogP contribution in [0.2, 0.25) is 0 Å². The standard InChI is InChI=1S/C13H21ClN2/c1-4-7-12-8-11(10-14)9-13(15-12)16(5-2)6-3/h8-9H,4-7,10H2,1-3H3. The fourth-order valence-electron chi connectivity index (χ4n) is 1.80. The van der Waals surface area contributed by atoms with Gasteiger partial charge < -0.3 is 4.90 Å². The number of aryl methyl sites for hydroxylation is 1. The monoisotopic (exact) mass is 240 g/mol. The molecule has 1 rings (SSSR count). The molecule has 90 valence electrons. The van der Waals surface area contributed by atoms with Gasteiger partial charge in [-0.3, -0.25) is 0 Å². The van der Waals surface area contributed by atoms with Gasteiger partial charge in [0.25, 0.3) is 0 Å². The fraction of sp³-hybridized carbons (Fsp3) is 0.615. The highest BCUT2D eigenvalue weighted by Gasteiger charge is 2.07. The summed E-state index contributed by atoms with van der Waals surface area (Å²) < 4.78 is 0. The zero-order chi connectivity index (χ0) is 12.0. The maximum Gasteiger partial charge on any atom is 0.129 e. The summed E-state index contributed by atoms with van der Waals surface area (Å²) in [7, 11) is 0. The Balaban J connectivity index is 3.02. The van der Waals surface area contributed by atoms with Crippen molar-refractivity contribution in [2.45, 2.75) is 39.5 Å². The van der Waals surface area contributed by atoms with Crippen LogP contribution in [0.1, 0.15) is 38.4 Å². The van der Waals surface area contributed by atoms with Crippen LogP contribution >= 0.6 is 11.6 Å². The number of anilines is 1. The molecule has 0 aliphatic carbocycles. The van der Waals surface area contributed by atoms with Crippen LogP contribution in [-0.2, 0) is 12.3 Å². The maximum atomic E-state index is 5.92. The molecular formula is C13H21ClN2. The lowest BCUT2D eigenvalue weighted by Gasteiger charge is -2.21. The number of hydrogen-bond donors (Lipinski definition) is 0. The van der Waals surface area contributed by atoms with E-state index in [1.165, 1.54) is 5.56 Å². The van der Waals surface area contributed by atoms with Crippen molar-refractivity contribution in [1.82, 2.24) is 4.98 Å². The molecule has 0 aliphatic rings. The molecule has 0 aromatic carbocycles. The van der Waals surface area contributed by atoms with Crippen LogP contribution in [0.25, 0.3) is 0 Å². The minimum absolute atomic E-state index is 0.563. The van der Waals surface area contributed by atoms with Crippen LogP contribution < -0.4 is 4.90 Å². The van der Waals surface area contributed by atoms with Gasteiger partial charge in [0.15, 0.2) is 0 Å².